The fraction of sp³-hybridized carbons (Fsp3) is 0.250. The van der Waals surface area contributed by atoms with Crippen LogP contribution in [-0.2, 0) is 9.59 Å². The molecule has 21 heavy (non-hydrogen) atoms. The van der Waals surface area contributed by atoms with E-state index in [-0.39, 0.29) is 23.4 Å². The summed E-state index contributed by atoms with van der Waals surface area (Å²) in [6.45, 7) is 0. The molecule has 1 unspecified atom stereocenters. The zero-order valence-corrected chi connectivity index (χ0v) is 11.3. The van der Waals surface area contributed by atoms with Crippen molar-refractivity contribution in [3.05, 3.63) is 38.9 Å². The summed E-state index contributed by atoms with van der Waals surface area (Å²) in [7, 11) is 0. The highest BCUT2D eigenvalue weighted by molar-refractivity contribution is 6.34. The molecule has 2 N–H and O–H groups in total. The maximum Gasteiger partial charge on any atom is 0.283 e. The van der Waals surface area contributed by atoms with Crippen LogP contribution in [0.25, 0.3) is 0 Å². The lowest BCUT2D eigenvalue weighted by molar-refractivity contribution is -0.385. The molecule has 1 atom stereocenters. The van der Waals surface area contributed by atoms with E-state index in [4.69, 9.17) is 11.6 Å². The molecule has 1 aromatic rings. The van der Waals surface area contributed by atoms with Crippen molar-refractivity contribution >= 4 is 35.0 Å². The van der Waals surface area contributed by atoms with Gasteiger partial charge in [-0.25, -0.2) is 0 Å². The molecule has 9 heteroatoms. The molecule has 3 amide bonds. The molecule has 1 aromatic carbocycles. The number of nitrogens with zero attached hydrogens (tertiary/aromatic N) is 1. The summed E-state index contributed by atoms with van der Waals surface area (Å²) in [5.74, 6) is -1.90. The Morgan fingerprint density at radius 2 is 2.14 bits per heavy atom. The second-order valence-corrected chi connectivity index (χ2v) is 4.78. The largest absolute Gasteiger partial charge is 0.340 e. The van der Waals surface area contributed by atoms with Crippen LogP contribution < -0.4 is 10.6 Å². The van der Waals surface area contributed by atoms with E-state index in [1.54, 1.807) is 0 Å². The summed E-state index contributed by atoms with van der Waals surface area (Å²) in [4.78, 5) is 44.9. The molecule has 1 saturated heterocycles. The van der Waals surface area contributed by atoms with Gasteiger partial charge in [-0.05, 0) is 12.5 Å². The predicted molar refractivity (Wildman–Crippen MR) is 71.7 cm³/mol. The molecular formula is C12H10ClN3O5. The van der Waals surface area contributed by atoms with E-state index in [0.29, 0.717) is 0 Å². The number of benzene rings is 1. The summed E-state index contributed by atoms with van der Waals surface area (Å²) < 4.78 is 0. The third-order valence-corrected chi connectivity index (χ3v) is 3.27. The number of nitro groups is 1. The SMILES string of the molecule is O=C1CCC(NC(=O)c2c(Cl)cccc2[N+](=O)[O-])C(=O)N1. The van der Waals surface area contributed by atoms with Gasteiger partial charge in [0.25, 0.3) is 11.6 Å². The number of nitrogens with one attached hydrogen (secondary N) is 2. The number of carbonyl (C=O) groups excluding carboxylic acids is 3. The van der Waals surface area contributed by atoms with Gasteiger partial charge in [0.1, 0.15) is 11.6 Å². The number of hydrogen-bond donors (Lipinski definition) is 2. The van der Waals surface area contributed by atoms with Gasteiger partial charge in [0.2, 0.25) is 11.8 Å². The number of halogens is 1. The van der Waals surface area contributed by atoms with E-state index in [9.17, 15) is 24.5 Å². The Kier molecular flexibility index (Phi) is 4.18. The molecule has 0 aromatic heterocycles. The van der Waals surface area contributed by atoms with Crippen molar-refractivity contribution in [2.45, 2.75) is 18.9 Å². The third kappa shape index (κ3) is 3.16. The second kappa shape index (κ2) is 5.88. The van der Waals surface area contributed by atoms with Crippen LogP contribution >= 0.6 is 11.6 Å². The Balaban J connectivity index is 2.23. The summed E-state index contributed by atoms with van der Waals surface area (Å²) in [6.07, 6.45) is 0.218. The lowest BCUT2D eigenvalue weighted by Gasteiger charge is -2.21. The van der Waals surface area contributed by atoms with Crippen molar-refractivity contribution in [3.8, 4) is 0 Å². The van der Waals surface area contributed by atoms with E-state index >= 15 is 0 Å². The number of amides is 3. The monoisotopic (exact) mass is 311 g/mol. The molecule has 0 aliphatic carbocycles. The van der Waals surface area contributed by atoms with Crippen LogP contribution in [0.15, 0.2) is 18.2 Å². The zero-order chi connectivity index (χ0) is 15.6. The molecule has 0 spiro atoms. The summed E-state index contributed by atoms with van der Waals surface area (Å²) in [5.41, 5.74) is -0.763. The van der Waals surface area contributed by atoms with Crippen molar-refractivity contribution in [3.63, 3.8) is 0 Å². The number of nitro benzene ring substituents is 1. The first-order valence-corrected chi connectivity index (χ1v) is 6.35. The second-order valence-electron chi connectivity index (χ2n) is 4.37. The van der Waals surface area contributed by atoms with Gasteiger partial charge < -0.3 is 5.32 Å². The number of imide groups is 1. The molecule has 1 aliphatic heterocycles. The normalized spacial score (nSPS) is 18.0. The van der Waals surface area contributed by atoms with Crippen LogP contribution in [0, 0.1) is 10.1 Å². The first-order chi connectivity index (χ1) is 9.90. The van der Waals surface area contributed by atoms with Gasteiger partial charge in [-0.15, -0.1) is 0 Å². The van der Waals surface area contributed by atoms with Gasteiger partial charge in [0, 0.05) is 12.5 Å². The molecule has 110 valence electrons. The minimum absolute atomic E-state index is 0.0846. The van der Waals surface area contributed by atoms with Crippen molar-refractivity contribution in [1.82, 2.24) is 10.6 Å². The molecule has 0 saturated carbocycles. The summed E-state index contributed by atoms with van der Waals surface area (Å²) in [5, 5.41) is 15.3. The quantitative estimate of drug-likeness (QED) is 0.486. The predicted octanol–water partition coefficient (Wildman–Crippen LogP) is 0.783. The molecule has 8 nitrogen and oxygen atoms in total. The Bertz CT molecular complexity index is 646. The Hall–Kier alpha value is -2.48. The minimum atomic E-state index is -0.925. The lowest BCUT2D eigenvalue weighted by atomic mass is 10.1. The van der Waals surface area contributed by atoms with E-state index < -0.39 is 34.4 Å². The number of carbonyl (C=O) groups is 3. The van der Waals surface area contributed by atoms with E-state index in [0.717, 1.165) is 6.07 Å². The highest BCUT2D eigenvalue weighted by Gasteiger charge is 2.31. The van der Waals surface area contributed by atoms with Gasteiger partial charge >= 0.3 is 0 Å². The fourth-order valence-corrected chi connectivity index (χ4v) is 2.21. The molecule has 0 bridgehead atoms. The fourth-order valence-electron chi connectivity index (χ4n) is 1.95. The van der Waals surface area contributed by atoms with Crippen LogP contribution in [0.2, 0.25) is 5.02 Å². The first kappa shape index (κ1) is 14.9. The van der Waals surface area contributed by atoms with Gasteiger partial charge in [0.15, 0.2) is 0 Å². The number of hydrogen-bond acceptors (Lipinski definition) is 5. The Morgan fingerprint density at radius 1 is 1.43 bits per heavy atom. The average Bonchev–Trinajstić information content (AvgIpc) is 2.41. The van der Waals surface area contributed by atoms with Gasteiger partial charge in [-0.1, -0.05) is 17.7 Å². The smallest absolute Gasteiger partial charge is 0.283 e. The van der Waals surface area contributed by atoms with Gasteiger partial charge in [0.05, 0.1) is 9.95 Å². The van der Waals surface area contributed by atoms with E-state index in [1.807, 2.05) is 0 Å². The molecular weight excluding hydrogens is 302 g/mol. The molecule has 1 fully saturated rings. The summed E-state index contributed by atoms with van der Waals surface area (Å²) >= 11 is 5.83. The molecule has 1 aliphatic rings. The Labute approximate surface area is 123 Å². The van der Waals surface area contributed by atoms with E-state index in [1.165, 1.54) is 12.1 Å². The highest BCUT2D eigenvalue weighted by Crippen LogP contribution is 2.26. The molecule has 1 heterocycles. The number of piperidine rings is 1. The zero-order valence-electron chi connectivity index (χ0n) is 10.6. The van der Waals surface area contributed by atoms with Crippen LogP contribution in [0.4, 0.5) is 5.69 Å². The van der Waals surface area contributed by atoms with Crippen LogP contribution in [0.5, 0.6) is 0 Å². The van der Waals surface area contributed by atoms with Gasteiger partial charge in [-0.2, -0.15) is 0 Å². The van der Waals surface area contributed by atoms with Crippen LogP contribution in [-0.4, -0.2) is 28.7 Å². The van der Waals surface area contributed by atoms with Crippen molar-refractivity contribution in [1.29, 1.82) is 0 Å². The lowest BCUT2D eigenvalue weighted by Crippen LogP contribution is -2.52. The van der Waals surface area contributed by atoms with Crippen molar-refractivity contribution in [2.24, 2.45) is 0 Å². The summed E-state index contributed by atoms with van der Waals surface area (Å²) in [6, 6.07) is 2.91. The highest BCUT2D eigenvalue weighted by atomic mass is 35.5. The third-order valence-electron chi connectivity index (χ3n) is 2.96. The topological polar surface area (TPSA) is 118 Å². The van der Waals surface area contributed by atoms with Crippen molar-refractivity contribution < 1.29 is 19.3 Å². The molecule has 0 radical (unpaired) electrons. The van der Waals surface area contributed by atoms with Crippen molar-refractivity contribution in [2.75, 3.05) is 0 Å². The van der Waals surface area contributed by atoms with Crippen LogP contribution in [0.3, 0.4) is 0 Å². The maximum atomic E-state index is 12.1. The Morgan fingerprint density at radius 3 is 2.76 bits per heavy atom. The minimum Gasteiger partial charge on any atom is -0.340 e. The standard InChI is InChI=1S/C12H10ClN3O5/c13-6-2-1-3-8(16(20)21)10(6)12(19)14-7-4-5-9(17)15-11(7)18/h1-3,7H,4-5H2,(H,14,19)(H,15,17,18). The molecule has 2 rings (SSSR count). The van der Waals surface area contributed by atoms with E-state index in [2.05, 4.69) is 10.6 Å². The number of rotatable bonds is 3. The van der Waals surface area contributed by atoms with Crippen LogP contribution in [0.1, 0.15) is 23.2 Å². The maximum absolute atomic E-state index is 12.1. The average molecular weight is 312 g/mol. The van der Waals surface area contributed by atoms with Gasteiger partial charge in [-0.3, -0.25) is 29.8 Å². The first-order valence-electron chi connectivity index (χ1n) is 5.97.